The average molecular weight is 343 g/mol. The van der Waals surface area contributed by atoms with E-state index in [0.717, 1.165) is 30.5 Å². The minimum absolute atomic E-state index is 0.0378. The average Bonchev–Trinajstić information content (AvgIpc) is 3.03. The van der Waals surface area contributed by atoms with Gasteiger partial charge in [0, 0.05) is 13.6 Å². The molecule has 0 bridgehead atoms. The summed E-state index contributed by atoms with van der Waals surface area (Å²) in [6.07, 6.45) is 4.48. The monoisotopic (exact) mass is 343 g/mol. The van der Waals surface area contributed by atoms with Crippen molar-refractivity contribution in [2.45, 2.75) is 37.8 Å². The molecule has 1 saturated heterocycles. The Kier molecular flexibility index (Phi) is 4.29. The van der Waals surface area contributed by atoms with Gasteiger partial charge in [-0.1, -0.05) is 12.8 Å². The van der Waals surface area contributed by atoms with E-state index in [2.05, 4.69) is 5.10 Å². The van der Waals surface area contributed by atoms with E-state index in [9.17, 15) is 9.18 Å². The number of aromatic nitrogens is 2. The number of aryl methyl sites for hydroxylation is 1. The Balaban J connectivity index is 1.60. The maximum Gasteiger partial charge on any atom is 0.274 e. The molecule has 6 heteroatoms. The van der Waals surface area contributed by atoms with Gasteiger partial charge in [-0.2, -0.15) is 5.10 Å². The number of rotatable bonds is 2. The van der Waals surface area contributed by atoms with Gasteiger partial charge in [-0.05, 0) is 48.7 Å². The van der Waals surface area contributed by atoms with Crippen molar-refractivity contribution in [1.82, 2.24) is 14.7 Å². The third kappa shape index (κ3) is 3.06. The van der Waals surface area contributed by atoms with Crippen molar-refractivity contribution in [3.05, 3.63) is 41.8 Å². The molecule has 1 aliphatic carbocycles. The van der Waals surface area contributed by atoms with Crippen LogP contribution >= 0.6 is 0 Å². The Morgan fingerprint density at radius 2 is 2.00 bits per heavy atom. The van der Waals surface area contributed by atoms with Crippen LogP contribution in [0, 0.1) is 5.82 Å². The highest BCUT2D eigenvalue weighted by Gasteiger charge is 2.37. The first-order valence-electron chi connectivity index (χ1n) is 8.86. The van der Waals surface area contributed by atoms with Crippen LogP contribution in [0.1, 0.15) is 36.2 Å². The van der Waals surface area contributed by atoms with E-state index in [1.165, 1.54) is 18.6 Å². The molecule has 2 fully saturated rings. The molecule has 1 saturated carbocycles. The fraction of sp³-hybridized carbons (Fsp3) is 0.474. The van der Waals surface area contributed by atoms with E-state index < -0.39 is 0 Å². The zero-order valence-corrected chi connectivity index (χ0v) is 14.3. The van der Waals surface area contributed by atoms with Crippen molar-refractivity contribution in [1.29, 1.82) is 0 Å². The summed E-state index contributed by atoms with van der Waals surface area (Å²) in [5.41, 5.74) is 2.08. The number of morpholine rings is 1. The van der Waals surface area contributed by atoms with E-state index in [0.29, 0.717) is 18.8 Å². The molecule has 4 rings (SSSR count). The van der Waals surface area contributed by atoms with Crippen LogP contribution in [0.4, 0.5) is 4.39 Å². The number of halogens is 1. The van der Waals surface area contributed by atoms with Crippen LogP contribution in [0.2, 0.25) is 0 Å². The van der Waals surface area contributed by atoms with Gasteiger partial charge in [-0.3, -0.25) is 9.48 Å². The molecule has 0 spiro atoms. The number of fused-ring (bicyclic) bond motifs is 1. The van der Waals surface area contributed by atoms with Crippen molar-refractivity contribution in [2.75, 3.05) is 13.2 Å². The molecular weight excluding hydrogens is 321 g/mol. The van der Waals surface area contributed by atoms with Crippen LogP contribution in [-0.2, 0) is 11.8 Å². The van der Waals surface area contributed by atoms with Gasteiger partial charge in [0.1, 0.15) is 5.82 Å². The molecule has 1 aromatic carbocycles. The van der Waals surface area contributed by atoms with Crippen LogP contribution in [0.15, 0.2) is 30.3 Å². The fourth-order valence-electron chi connectivity index (χ4n) is 3.96. The highest BCUT2D eigenvalue weighted by molar-refractivity contribution is 5.93. The van der Waals surface area contributed by atoms with E-state index in [1.807, 2.05) is 4.90 Å². The van der Waals surface area contributed by atoms with Gasteiger partial charge >= 0.3 is 0 Å². The Bertz CT molecular complexity index is 769. The molecule has 2 aliphatic rings. The zero-order chi connectivity index (χ0) is 17.4. The summed E-state index contributed by atoms with van der Waals surface area (Å²) in [7, 11) is 1.80. The number of amides is 1. The predicted octanol–water partition coefficient (Wildman–Crippen LogP) is 3.01. The van der Waals surface area contributed by atoms with Crippen molar-refractivity contribution >= 4 is 5.91 Å². The summed E-state index contributed by atoms with van der Waals surface area (Å²) >= 11 is 0. The molecule has 2 atom stereocenters. The number of ether oxygens (including phenoxy) is 1. The third-order valence-corrected chi connectivity index (χ3v) is 5.23. The molecule has 1 amide bonds. The molecule has 0 N–H and O–H groups in total. The first-order valence-corrected chi connectivity index (χ1v) is 8.86. The van der Waals surface area contributed by atoms with Crippen LogP contribution < -0.4 is 0 Å². The Morgan fingerprint density at radius 1 is 1.24 bits per heavy atom. The molecule has 2 heterocycles. The Hall–Kier alpha value is -2.21. The first-order chi connectivity index (χ1) is 12.1. The number of hydrogen-bond acceptors (Lipinski definition) is 3. The normalized spacial score (nSPS) is 23.4. The Morgan fingerprint density at radius 3 is 2.80 bits per heavy atom. The van der Waals surface area contributed by atoms with Gasteiger partial charge in [0.05, 0.1) is 24.4 Å². The number of benzene rings is 1. The lowest BCUT2D eigenvalue weighted by molar-refractivity contribution is -0.0754. The fourth-order valence-corrected chi connectivity index (χ4v) is 3.96. The van der Waals surface area contributed by atoms with Gasteiger partial charge in [-0.15, -0.1) is 0 Å². The van der Waals surface area contributed by atoms with Crippen molar-refractivity contribution in [2.24, 2.45) is 7.05 Å². The minimum Gasteiger partial charge on any atom is -0.374 e. The maximum absolute atomic E-state index is 13.1. The van der Waals surface area contributed by atoms with Crippen molar-refractivity contribution in [3.8, 4) is 11.3 Å². The van der Waals surface area contributed by atoms with Gasteiger partial charge in [0.25, 0.3) is 5.91 Å². The largest absolute Gasteiger partial charge is 0.374 e. The summed E-state index contributed by atoms with van der Waals surface area (Å²) in [5, 5.41) is 4.41. The standard InChI is InChI=1S/C19H22FN3O2/c1-22-17(13-6-8-14(20)9-7-13)12-15(21-22)19(24)23-10-11-25-18-5-3-2-4-16(18)23/h6-9,12,16,18H,2-5,10-11H2,1H3. The van der Waals surface area contributed by atoms with Crippen molar-refractivity contribution < 1.29 is 13.9 Å². The quantitative estimate of drug-likeness (QED) is 0.842. The second-order valence-corrected chi connectivity index (χ2v) is 6.80. The highest BCUT2D eigenvalue weighted by Crippen LogP contribution is 2.30. The second kappa shape index (κ2) is 6.59. The highest BCUT2D eigenvalue weighted by atomic mass is 19.1. The topological polar surface area (TPSA) is 47.4 Å². The van der Waals surface area contributed by atoms with Crippen LogP contribution in [0.25, 0.3) is 11.3 Å². The molecule has 132 valence electrons. The number of hydrogen-bond donors (Lipinski definition) is 0. The predicted molar refractivity (Wildman–Crippen MR) is 91.6 cm³/mol. The molecule has 0 radical (unpaired) electrons. The van der Waals surface area contributed by atoms with E-state index in [-0.39, 0.29) is 23.9 Å². The Labute approximate surface area is 146 Å². The maximum atomic E-state index is 13.1. The number of carbonyl (C=O) groups excluding carboxylic acids is 1. The van der Waals surface area contributed by atoms with Gasteiger partial charge in [0.15, 0.2) is 5.69 Å². The summed E-state index contributed by atoms with van der Waals surface area (Å²) in [4.78, 5) is 15.0. The smallest absolute Gasteiger partial charge is 0.274 e. The zero-order valence-electron chi connectivity index (χ0n) is 14.3. The molecule has 1 aliphatic heterocycles. The van der Waals surface area contributed by atoms with Crippen LogP contribution in [0.3, 0.4) is 0 Å². The number of nitrogens with zero attached hydrogens (tertiary/aromatic N) is 3. The molecule has 25 heavy (non-hydrogen) atoms. The molecule has 5 nitrogen and oxygen atoms in total. The van der Waals surface area contributed by atoms with Crippen molar-refractivity contribution in [3.63, 3.8) is 0 Å². The summed E-state index contributed by atoms with van der Waals surface area (Å²) in [6.45, 7) is 1.20. The lowest BCUT2D eigenvalue weighted by Crippen LogP contribution is -2.54. The number of carbonyl (C=O) groups is 1. The minimum atomic E-state index is -0.279. The SMILES string of the molecule is Cn1nc(C(=O)N2CCOC3CCCCC32)cc1-c1ccc(F)cc1. The van der Waals surface area contributed by atoms with E-state index >= 15 is 0 Å². The summed E-state index contributed by atoms with van der Waals surface area (Å²) < 4.78 is 20.7. The van der Waals surface area contributed by atoms with Gasteiger partial charge < -0.3 is 9.64 Å². The molecular formula is C19H22FN3O2. The summed E-state index contributed by atoms with van der Waals surface area (Å²) in [6, 6.07) is 8.19. The van der Waals surface area contributed by atoms with Crippen LogP contribution in [0.5, 0.6) is 0 Å². The molecule has 2 aromatic rings. The van der Waals surface area contributed by atoms with Gasteiger partial charge in [0.2, 0.25) is 0 Å². The summed E-state index contributed by atoms with van der Waals surface area (Å²) in [5.74, 6) is -0.317. The third-order valence-electron chi connectivity index (χ3n) is 5.23. The first kappa shape index (κ1) is 16.3. The molecule has 1 aromatic heterocycles. The lowest BCUT2D eigenvalue weighted by atomic mass is 9.90. The van der Waals surface area contributed by atoms with E-state index in [4.69, 9.17) is 4.74 Å². The molecule has 2 unspecified atom stereocenters. The van der Waals surface area contributed by atoms with Gasteiger partial charge in [-0.25, -0.2) is 4.39 Å². The second-order valence-electron chi connectivity index (χ2n) is 6.80. The lowest BCUT2D eigenvalue weighted by Gasteiger charge is -2.43. The van der Waals surface area contributed by atoms with Crippen LogP contribution in [-0.4, -0.2) is 45.9 Å². The van der Waals surface area contributed by atoms with E-state index in [1.54, 1.807) is 29.9 Å².